The quantitative estimate of drug-likeness (QED) is 0.524. The molecule has 1 aliphatic rings. The van der Waals surface area contributed by atoms with E-state index < -0.39 is 0 Å². The molecule has 3 heteroatoms. The second-order valence-electron chi connectivity index (χ2n) is 6.09. The predicted molar refractivity (Wildman–Crippen MR) is 85.5 cm³/mol. The van der Waals surface area contributed by atoms with Crippen molar-refractivity contribution in [2.75, 3.05) is 0 Å². The summed E-state index contributed by atoms with van der Waals surface area (Å²) in [5.74, 6) is 1.04. The molecule has 2 aromatic rings. The lowest BCUT2D eigenvalue weighted by atomic mass is 10.1. The maximum Gasteiger partial charge on any atom is 0.127 e. The van der Waals surface area contributed by atoms with Gasteiger partial charge in [-0.2, -0.15) is 0 Å². The summed E-state index contributed by atoms with van der Waals surface area (Å²) in [4.78, 5) is 4.81. The highest BCUT2D eigenvalue weighted by Gasteiger charge is 2.22. The van der Waals surface area contributed by atoms with E-state index in [1.165, 1.54) is 49.6 Å². The summed E-state index contributed by atoms with van der Waals surface area (Å²) in [6.07, 6.45) is 7.91. The van der Waals surface area contributed by atoms with E-state index >= 15 is 0 Å². The number of nitrogens with zero attached hydrogens (tertiary/aromatic N) is 2. The predicted octanol–water partition coefficient (Wildman–Crippen LogP) is 5.54. The summed E-state index contributed by atoms with van der Waals surface area (Å²) in [5, 5.41) is -0.0361. The number of benzene rings is 1. The minimum Gasteiger partial charge on any atom is -0.324 e. The van der Waals surface area contributed by atoms with Crippen molar-refractivity contribution >= 4 is 22.6 Å². The number of aryl methyl sites for hydroxylation is 1. The normalized spacial score (nSPS) is 19.1. The minimum atomic E-state index is -0.0361. The van der Waals surface area contributed by atoms with Gasteiger partial charge in [0.15, 0.2) is 0 Å². The number of alkyl halides is 1. The first-order chi connectivity index (χ1) is 9.66. The molecule has 1 fully saturated rings. The number of halogens is 1. The maximum atomic E-state index is 6.40. The molecular weight excluding hydrogens is 268 g/mol. The van der Waals surface area contributed by atoms with Crippen LogP contribution < -0.4 is 0 Å². The molecule has 0 saturated heterocycles. The lowest BCUT2D eigenvalue weighted by molar-refractivity contribution is 0.440. The highest BCUT2D eigenvalue weighted by molar-refractivity contribution is 6.20. The molecule has 0 spiro atoms. The molecule has 1 unspecified atom stereocenters. The maximum absolute atomic E-state index is 6.40. The summed E-state index contributed by atoms with van der Waals surface area (Å²) in [5.41, 5.74) is 3.61. The number of fused-ring (bicyclic) bond motifs is 1. The summed E-state index contributed by atoms with van der Waals surface area (Å²) >= 11 is 6.40. The molecule has 1 heterocycles. The number of imidazole rings is 1. The van der Waals surface area contributed by atoms with Crippen LogP contribution in [0.15, 0.2) is 18.2 Å². The van der Waals surface area contributed by atoms with Crippen LogP contribution in [0.25, 0.3) is 11.0 Å². The summed E-state index contributed by atoms with van der Waals surface area (Å²) in [7, 11) is 0. The Morgan fingerprint density at radius 3 is 2.55 bits per heavy atom. The highest BCUT2D eigenvalue weighted by atomic mass is 35.5. The fraction of sp³-hybridized carbons (Fsp3) is 0.588. The van der Waals surface area contributed by atoms with E-state index in [0.717, 1.165) is 11.3 Å². The molecule has 1 aromatic carbocycles. The zero-order chi connectivity index (χ0) is 14.1. The fourth-order valence-electron chi connectivity index (χ4n) is 3.41. The van der Waals surface area contributed by atoms with Crippen LogP contribution in [0, 0.1) is 6.92 Å². The Morgan fingerprint density at radius 2 is 1.90 bits per heavy atom. The zero-order valence-electron chi connectivity index (χ0n) is 12.4. The van der Waals surface area contributed by atoms with Crippen LogP contribution in [0.5, 0.6) is 0 Å². The third kappa shape index (κ3) is 2.58. The molecule has 0 aliphatic heterocycles. The number of hydrogen-bond donors (Lipinski definition) is 0. The van der Waals surface area contributed by atoms with E-state index in [4.69, 9.17) is 16.6 Å². The Balaban J connectivity index is 2.12. The van der Waals surface area contributed by atoms with Crippen molar-refractivity contribution in [2.24, 2.45) is 0 Å². The van der Waals surface area contributed by atoms with E-state index in [9.17, 15) is 0 Å². The molecule has 0 amide bonds. The lowest BCUT2D eigenvalue weighted by Crippen LogP contribution is -2.12. The average Bonchev–Trinajstić information content (AvgIpc) is 2.59. The Labute approximate surface area is 126 Å². The SMILES string of the molecule is Cc1ccc2c(c1)nc(C(C)Cl)n2C1CCCCCC1. The van der Waals surface area contributed by atoms with Crippen LogP contribution in [-0.2, 0) is 0 Å². The van der Waals surface area contributed by atoms with Crippen LogP contribution in [0.2, 0.25) is 0 Å². The fourth-order valence-corrected chi connectivity index (χ4v) is 3.56. The molecule has 0 N–H and O–H groups in total. The first-order valence-corrected chi connectivity index (χ1v) is 8.23. The molecule has 108 valence electrons. The van der Waals surface area contributed by atoms with Gasteiger partial charge in [0.05, 0.1) is 16.4 Å². The summed E-state index contributed by atoms with van der Waals surface area (Å²) in [6, 6.07) is 7.14. The van der Waals surface area contributed by atoms with Gasteiger partial charge in [-0.05, 0) is 44.4 Å². The Hall–Kier alpha value is -1.02. The second kappa shape index (κ2) is 5.77. The average molecular weight is 291 g/mol. The van der Waals surface area contributed by atoms with Crippen LogP contribution in [0.4, 0.5) is 0 Å². The molecule has 1 saturated carbocycles. The molecule has 1 aromatic heterocycles. The summed E-state index contributed by atoms with van der Waals surface area (Å²) < 4.78 is 2.43. The standard InChI is InChI=1S/C17H23ClN2/c1-12-9-10-16-15(11-12)19-17(13(2)18)20(16)14-7-5-3-4-6-8-14/h9-11,13-14H,3-8H2,1-2H3. The number of hydrogen-bond acceptors (Lipinski definition) is 1. The van der Waals surface area contributed by atoms with Crippen molar-refractivity contribution in [2.45, 2.75) is 63.8 Å². The topological polar surface area (TPSA) is 17.8 Å². The largest absolute Gasteiger partial charge is 0.324 e. The van der Waals surface area contributed by atoms with Crippen LogP contribution in [0.1, 0.15) is 68.3 Å². The van der Waals surface area contributed by atoms with Gasteiger partial charge in [-0.1, -0.05) is 31.7 Å². The lowest BCUT2D eigenvalue weighted by Gasteiger charge is -2.21. The first-order valence-electron chi connectivity index (χ1n) is 7.79. The molecule has 20 heavy (non-hydrogen) atoms. The van der Waals surface area contributed by atoms with E-state index in [-0.39, 0.29) is 5.38 Å². The smallest absolute Gasteiger partial charge is 0.127 e. The zero-order valence-corrected chi connectivity index (χ0v) is 13.2. The number of aromatic nitrogens is 2. The number of rotatable bonds is 2. The van der Waals surface area contributed by atoms with Gasteiger partial charge in [-0.15, -0.1) is 11.6 Å². The Bertz CT molecular complexity index is 592. The van der Waals surface area contributed by atoms with Gasteiger partial charge in [-0.25, -0.2) is 4.98 Å². The van der Waals surface area contributed by atoms with Gasteiger partial charge in [0.1, 0.15) is 5.82 Å². The van der Waals surface area contributed by atoms with Gasteiger partial charge in [0.25, 0.3) is 0 Å². The molecule has 1 aliphatic carbocycles. The van der Waals surface area contributed by atoms with Crippen LogP contribution in [0.3, 0.4) is 0 Å². The first kappa shape index (κ1) is 13.9. The van der Waals surface area contributed by atoms with Gasteiger partial charge >= 0.3 is 0 Å². The van der Waals surface area contributed by atoms with Crippen molar-refractivity contribution in [1.29, 1.82) is 0 Å². The highest BCUT2D eigenvalue weighted by Crippen LogP contribution is 2.34. The van der Waals surface area contributed by atoms with Crippen molar-refractivity contribution in [1.82, 2.24) is 9.55 Å². The van der Waals surface area contributed by atoms with E-state index in [1.807, 2.05) is 6.92 Å². The van der Waals surface area contributed by atoms with Crippen LogP contribution in [-0.4, -0.2) is 9.55 Å². The second-order valence-corrected chi connectivity index (χ2v) is 6.75. The van der Waals surface area contributed by atoms with Crippen molar-refractivity contribution in [3.63, 3.8) is 0 Å². The molecule has 2 nitrogen and oxygen atoms in total. The molecule has 0 radical (unpaired) electrons. The van der Waals surface area contributed by atoms with Gasteiger partial charge in [0, 0.05) is 6.04 Å². The molecular formula is C17H23ClN2. The molecule has 1 atom stereocenters. The third-order valence-corrected chi connectivity index (χ3v) is 4.61. The van der Waals surface area contributed by atoms with E-state index in [1.54, 1.807) is 0 Å². The van der Waals surface area contributed by atoms with E-state index in [0.29, 0.717) is 6.04 Å². The summed E-state index contributed by atoms with van der Waals surface area (Å²) in [6.45, 7) is 4.15. The van der Waals surface area contributed by atoms with Crippen LogP contribution >= 0.6 is 11.6 Å². The van der Waals surface area contributed by atoms with Gasteiger partial charge in [0.2, 0.25) is 0 Å². The molecule has 0 bridgehead atoms. The van der Waals surface area contributed by atoms with Crippen molar-refractivity contribution in [3.05, 3.63) is 29.6 Å². The van der Waals surface area contributed by atoms with Crippen molar-refractivity contribution < 1.29 is 0 Å². The van der Waals surface area contributed by atoms with E-state index in [2.05, 4.69) is 29.7 Å². The monoisotopic (exact) mass is 290 g/mol. The minimum absolute atomic E-state index is 0.0361. The third-order valence-electron chi connectivity index (χ3n) is 4.42. The Morgan fingerprint density at radius 1 is 1.20 bits per heavy atom. The Kier molecular flexibility index (Phi) is 4.02. The van der Waals surface area contributed by atoms with Gasteiger partial charge < -0.3 is 4.57 Å². The van der Waals surface area contributed by atoms with Crippen molar-refractivity contribution in [3.8, 4) is 0 Å². The van der Waals surface area contributed by atoms with Gasteiger partial charge in [-0.3, -0.25) is 0 Å². The molecule has 3 rings (SSSR count).